The first-order valence-corrected chi connectivity index (χ1v) is 4.83. The van der Waals surface area contributed by atoms with Gasteiger partial charge in [-0.15, -0.1) is 0 Å². The quantitative estimate of drug-likeness (QED) is 0.638. The van der Waals surface area contributed by atoms with Crippen molar-refractivity contribution in [1.82, 2.24) is 4.90 Å². The maximum atomic E-state index is 10.8. The van der Waals surface area contributed by atoms with Gasteiger partial charge >= 0.3 is 6.09 Å². The van der Waals surface area contributed by atoms with Crippen molar-refractivity contribution in [2.24, 2.45) is 5.92 Å². The summed E-state index contributed by atoms with van der Waals surface area (Å²) in [6.07, 6.45) is 11.0. The standard InChI is InChI=1S/C11H13NO2/c13-11(14)12-7-3-6-9-4-1-2-5-10(9)8-12/h1-2,4-5,8-9H,3,6-7H2,(H,13,14). The molecular formula is C11H13NO2. The predicted molar refractivity (Wildman–Crippen MR) is 53.8 cm³/mol. The van der Waals surface area contributed by atoms with Crippen molar-refractivity contribution in [3.8, 4) is 0 Å². The summed E-state index contributed by atoms with van der Waals surface area (Å²) in [4.78, 5) is 12.2. The third-order valence-electron chi connectivity index (χ3n) is 2.64. The molecular weight excluding hydrogens is 178 g/mol. The molecule has 0 spiro atoms. The molecule has 1 aliphatic carbocycles. The molecule has 0 fully saturated rings. The second kappa shape index (κ2) is 3.70. The topological polar surface area (TPSA) is 40.5 Å². The molecule has 0 bridgehead atoms. The largest absolute Gasteiger partial charge is 0.465 e. The number of hydrogen-bond acceptors (Lipinski definition) is 1. The maximum absolute atomic E-state index is 10.8. The normalized spacial score (nSPS) is 25.3. The van der Waals surface area contributed by atoms with Gasteiger partial charge in [0.25, 0.3) is 0 Å². The third-order valence-corrected chi connectivity index (χ3v) is 2.64. The van der Waals surface area contributed by atoms with Crippen LogP contribution in [0.15, 0.2) is 36.1 Å². The minimum atomic E-state index is -0.860. The Balaban J connectivity index is 2.24. The van der Waals surface area contributed by atoms with Gasteiger partial charge in [-0.3, -0.25) is 4.90 Å². The van der Waals surface area contributed by atoms with Gasteiger partial charge in [0, 0.05) is 18.7 Å². The van der Waals surface area contributed by atoms with Gasteiger partial charge in [-0.25, -0.2) is 4.79 Å². The van der Waals surface area contributed by atoms with Crippen LogP contribution < -0.4 is 0 Å². The van der Waals surface area contributed by atoms with E-state index in [9.17, 15) is 4.79 Å². The Morgan fingerprint density at radius 1 is 1.50 bits per heavy atom. The second-order valence-electron chi connectivity index (χ2n) is 3.60. The van der Waals surface area contributed by atoms with Gasteiger partial charge in [-0.1, -0.05) is 24.3 Å². The van der Waals surface area contributed by atoms with Crippen molar-refractivity contribution < 1.29 is 9.90 Å². The lowest BCUT2D eigenvalue weighted by atomic mass is 9.92. The molecule has 0 saturated heterocycles. The Morgan fingerprint density at radius 2 is 2.36 bits per heavy atom. The minimum absolute atomic E-state index is 0.407. The lowest BCUT2D eigenvalue weighted by molar-refractivity contribution is 0.163. The molecule has 0 radical (unpaired) electrons. The van der Waals surface area contributed by atoms with E-state index >= 15 is 0 Å². The molecule has 1 heterocycles. The summed E-state index contributed by atoms with van der Waals surface area (Å²) in [5, 5.41) is 8.89. The summed E-state index contributed by atoms with van der Waals surface area (Å²) in [5.74, 6) is 0.407. The summed E-state index contributed by atoms with van der Waals surface area (Å²) < 4.78 is 0. The molecule has 14 heavy (non-hydrogen) atoms. The van der Waals surface area contributed by atoms with Crippen molar-refractivity contribution in [2.45, 2.75) is 12.8 Å². The number of rotatable bonds is 0. The fraction of sp³-hybridized carbons (Fsp3) is 0.364. The minimum Gasteiger partial charge on any atom is -0.465 e. The summed E-state index contributed by atoms with van der Waals surface area (Å²) in [5.41, 5.74) is 1.10. The molecule has 0 aromatic rings. The zero-order valence-corrected chi connectivity index (χ0v) is 7.89. The van der Waals surface area contributed by atoms with Crippen LogP contribution in [0.4, 0.5) is 4.79 Å². The monoisotopic (exact) mass is 191 g/mol. The highest BCUT2D eigenvalue weighted by Crippen LogP contribution is 2.26. The van der Waals surface area contributed by atoms with Crippen molar-refractivity contribution in [2.75, 3.05) is 6.54 Å². The summed E-state index contributed by atoms with van der Waals surface area (Å²) in [6, 6.07) is 0. The molecule has 74 valence electrons. The number of fused-ring (bicyclic) bond motifs is 1. The molecule has 2 aliphatic rings. The molecule has 0 aromatic carbocycles. The van der Waals surface area contributed by atoms with Gasteiger partial charge in [0.2, 0.25) is 0 Å². The highest BCUT2D eigenvalue weighted by atomic mass is 16.4. The summed E-state index contributed by atoms with van der Waals surface area (Å²) in [7, 11) is 0. The first-order valence-electron chi connectivity index (χ1n) is 4.83. The molecule has 1 aliphatic heterocycles. The van der Waals surface area contributed by atoms with Crippen LogP contribution >= 0.6 is 0 Å². The molecule has 1 atom stereocenters. The van der Waals surface area contributed by atoms with E-state index in [1.807, 2.05) is 18.2 Å². The van der Waals surface area contributed by atoms with Crippen LogP contribution in [0.2, 0.25) is 0 Å². The van der Waals surface area contributed by atoms with E-state index in [2.05, 4.69) is 6.08 Å². The van der Waals surface area contributed by atoms with Crippen molar-refractivity contribution in [1.29, 1.82) is 0 Å². The van der Waals surface area contributed by atoms with Gasteiger partial charge in [0.15, 0.2) is 0 Å². The van der Waals surface area contributed by atoms with E-state index in [1.54, 1.807) is 6.20 Å². The van der Waals surface area contributed by atoms with Gasteiger partial charge in [0.1, 0.15) is 0 Å². The Kier molecular flexibility index (Phi) is 2.39. The zero-order chi connectivity index (χ0) is 9.97. The van der Waals surface area contributed by atoms with E-state index < -0.39 is 6.09 Å². The number of carboxylic acid groups (broad SMARTS) is 1. The average molecular weight is 191 g/mol. The Bertz CT molecular complexity index is 328. The lowest BCUT2D eigenvalue weighted by Gasteiger charge is -2.14. The smallest absolute Gasteiger partial charge is 0.411 e. The van der Waals surface area contributed by atoms with Gasteiger partial charge in [0.05, 0.1) is 0 Å². The van der Waals surface area contributed by atoms with Crippen molar-refractivity contribution in [3.63, 3.8) is 0 Å². The number of allylic oxidation sites excluding steroid dienone is 5. The van der Waals surface area contributed by atoms with E-state index in [0.29, 0.717) is 12.5 Å². The SMILES string of the molecule is O=C(O)N1C=C2C=CC=CC2CCC1. The zero-order valence-electron chi connectivity index (χ0n) is 7.89. The first kappa shape index (κ1) is 9.06. The van der Waals surface area contributed by atoms with Crippen LogP contribution in [0.25, 0.3) is 0 Å². The first-order chi connectivity index (χ1) is 6.77. The number of hydrogen-bond donors (Lipinski definition) is 1. The van der Waals surface area contributed by atoms with Crippen LogP contribution in [0.3, 0.4) is 0 Å². The highest BCUT2D eigenvalue weighted by Gasteiger charge is 2.19. The highest BCUT2D eigenvalue weighted by molar-refractivity contribution is 5.66. The number of carbonyl (C=O) groups is 1. The molecule has 1 unspecified atom stereocenters. The summed E-state index contributed by atoms with van der Waals surface area (Å²) in [6.45, 7) is 0.608. The Morgan fingerprint density at radius 3 is 3.14 bits per heavy atom. The predicted octanol–water partition coefficient (Wildman–Crippen LogP) is 2.39. The van der Waals surface area contributed by atoms with E-state index in [-0.39, 0.29) is 0 Å². The van der Waals surface area contributed by atoms with E-state index in [4.69, 9.17) is 5.11 Å². The fourth-order valence-electron chi connectivity index (χ4n) is 1.88. The maximum Gasteiger partial charge on any atom is 0.411 e. The second-order valence-corrected chi connectivity index (χ2v) is 3.60. The van der Waals surface area contributed by atoms with E-state index in [0.717, 1.165) is 18.4 Å². The molecule has 3 heteroatoms. The Hall–Kier alpha value is -1.51. The molecule has 0 saturated carbocycles. The Labute approximate surface area is 83.0 Å². The molecule has 2 rings (SSSR count). The van der Waals surface area contributed by atoms with Gasteiger partial charge < -0.3 is 5.11 Å². The molecule has 1 amide bonds. The van der Waals surface area contributed by atoms with E-state index in [1.165, 1.54) is 4.90 Å². The van der Waals surface area contributed by atoms with Crippen LogP contribution in [0, 0.1) is 5.92 Å². The van der Waals surface area contributed by atoms with Crippen LogP contribution in [-0.2, 0) is 0 Å². The van der Waals surface area contributed by atoms with Crippen molar-refractivity contribution in [3.05, 3.63) is 36.1 Å². The molecule has 3 nitrogen and oxygen atoms in total. The number of nitrogens with zero attached hydrogens (tertiary/aromatic N) is 1. The van der Waals surface area contributed by atoms with Gasteiger partial charge in [-0.2, -0.15) is 0 Å². The average Bonchev–Trinajstić information content (AvgIpc) is 2.39. The number of amides is 1. The van der Waals surface area contributed by atoms with Crippen molar-refractivity contribution >= 4 is 6.09 Å². The van der Waals surface area contributed by atoms with Crippen LogP contribution in [0.1, 0.15) is 12.8 Å². The van der Waals surface area contributed by atoms with Crippen LogP contribution in [0.5, 0.6) is 0 Å². The molecule has 1 N–H and O–H groups in total. The third kappa shape index (κ3) is 1.71. The fourth-order valence-corrected chi connectivity index (χ4v) is 1.88. The lowest BCUT2D eigenvalue weighted by Crippen LogP contribution is -2.24. The molecule has 0 aromatic heterocycles. The van der Waals surface area contributed by atoms with Gasteiger partial charge in [-0.05, 0) is 18.4 Å². The summed E-state index contributed by atoms with van der Waals surface area (Å²) >= 11 is 0. The van der Waals surface area contributed by atoms with Crippen LogP contribution in [-0.4, -0.2) is 22.6 Å².